The Labute approximate surface area is 147 Å². The first kappa shape index (κ1) is 16.9. The first-order chi connectivity index (χ1) is 12.3. The predicted octanol–water partition coefficient (Wildman–Crippen LogP) is 3.75. The monoisotopic (exact) mass is 334 g/mol. The highest BCUT2D eigenvalue weighted by atomic mass is 16.2. The summed E-state index contributed by atoms with van der Waals surface area (Å²) < 4.78 is 1.83. The van der Waals surface area contributed by atoms with Crippen LogP contribution in [0.25, 0.3) is 11.0 Å². The average molecular weight is 334 g/mol. The molecule has 1 heterocycles. The van der Waals surface area contributed by atoms with E-state index in [-0.39, 0.29) is 12.5 Å². The summed E-state index contributed by atoms with van der Waals surface area (Å²) in [4.78, 5) is 16.6. The van der Waals surface area contributed by atoms with E-state index < -0.39 is 0 Å². The molecule has 0 aliphatic heterocycles. The maximum atomic E-state index is 12.3. The highest BCUT2D eigenvalue weighted by molar-refractivity contribution is 6.01. The average Bonchev–Trinajstić information content (AvgIpc) is 3.05. The number of para-hydroxylation sites is 2. The molecule has 1 amide bonds. The van der Waals surface area contributed by atoms with E-state index in [1.807, 2.05) is 59.2 Å². The normalized spacial score (nSPS) is 11.6. The molecule has 5 nitrogen and oxygen atoms in total. The molecule has 0 spiro atoms. The maximum absolute atomic E-state index is 12.3. The van der Waals surface area contributed by atoms with Gasteiger partial charge in [-0.05, 0) is 30.5 Å². The SMILES string of the molecule is CCCC/C(=N\NC(=O)Cn1cnc2ccccc21)c1ccccc1. The fourth-order valence-corrected chi connectivity index (χ4v) is 2.70. The topological polar surface area (TPSA) is 59.3 Å². The molecule has 3 aromatic rings. The van der Waals surface area contributed by atoms with Crippen molar-refractivity contribution in [3.63, 3.8) is 0 Å². The number of carbonyl (C=O) groups excluding carboxylic acids is 1. The molecule has 0 bridgehead atoms. The number of imidazole rings is 1. The van der Waals surface area contributed by atoms with Gasteiger partial charge in [-0.15, -0.1) is 0 Å². The van der Waals surface area contributed by atoms with Gasteiger partial charge in [0.2, 0.25) is 0 Å². The largest absolute Gasteiger partial charge is 0.321 e. The molecular formula is C20H22N4O. The molecule has 0 fully saturated rings. The first-order valence-electron chi connectivity index (χ1n) is 8.58. The summed E-state index contributed by atoms with van der Waals surface area (Å²) in [7, 11) is 0. The lowest BCUT2D eigenvalue weighted by Gasteiger charge is -2.08. The number of aromatic nitrogens is 2. The van der Waals surface area contributed by atoms with Crippen LogP contribution in [0.5, 0.6) is 0 Å². The van der Waals surface area contributed by atoms with E-state index >= 15 is 0 Å². The summed E-state index contributed by atoms with van der Waals surface area (Å²) in [6, 6.07) is 17.7. The van der Waals surface area contributed by atoms with Gasteiger partial charge in [-0.2, -0.15) is 5.10 Å². The molecule has 0 saturated heterocycles. The summed E-state index contributed by atoms with van der Waals surface area (Å²) in [5.74, 6) is -0.159. The fraction of sp³-hybridized carbons (Fsp3) is 0.250. The van der Waals surface area contributed by atoms with Crippen molar-refractivity contribution in [1.82, 2.24) is 15.0 Å². The summed E-state index contributed by atoms with van der Waals surface area (Å²) >= 11 is 0. The Kier molecular flexibility index (Phi) is 5.57. The fourth-order valence-electron chi connectivity index (χ4n) is 2.70. The zero-order valence-electron chi connectivity index (χ0n) is 14.4. The minimum absolute atomic E-state index is 0.159. The summed E-state index contributed by atoms with van der Waals surface area (Å²) in [5.41, 5.74) is 6.47. The van der Waals surface area contributed by atoms with Crippen LogP contribution >= 0.6 is 0 Å². The van der Waals surface area contributed by atoms with Crippen LogP contribution in [0.15, 0.2) is 66.0 Å². The smallest absolute Gasteiger partial charge is 0.260 e. The van der Waals surface area contributed by atoms with E-state index in [2.05, 4.69) is 22.4 Å². The van der Waals surface area contributed by atoms with E-state index in [0.717, 1.165) is 41.6 Å². The maximum Gasteiger partial charge on any atom is 0.260 e. The van der Waals surface area contributed by atoms with Crippen molar-refractivity contribution < 1.29 is 4.79 Å². The van der Waals surface area contributed by atoms with Gasteiger partial charge in [-0.1, -0.05) is 55.8 Å². The second-order valence-electron chi connectivity index (χ2n) is 5.92. The molecule has 0 saturated carbocycles. The molecule has 128 valence electrons. The highest BCUT2D eigenvalue weighted by Crippen LogP contribution is 2.11. The van der Waals surface area contributed by atoms with E-state index in [0.29, 0.717) is 0 Å². The third-order valence-corrected chi connectivity index (χ3v) is 4.03. The second-order valence-corrected chi connectivity index (χ2v) is 5.92. The Morgan fingerprint density at radius 2 is 1.88 bits per heavy atom. The van der Waals surface area contributed by atoms with Crippen LogP contribution in [0.2, 0.25) is 0 Å². The quantitative estimate of drug-likeness (QED) is 0.528. The van der Waals surface area contributed by atoms with Gasteiger partial charge in [0.1, 0.15) is 6.54 Å². The number of hydrazone groups is 1. The van der Waals surface area contributed by atoms with Gasteiger partial charge in [0.05, 0.1) is 23.1 Å². The highest BCUT2D eigenvalue weighted by Gasteiger charge is 2.08. The summed E-state index contributed by atoms with van der Waals surface area (Å²) in [5, 5.41) is 4.38. The van der Waals surface area contributed by atoms with Gasteiger partial charge in [0.15, 0.2) is 0 Å². The number of carbonyl (C=O) groups is 1. The molecule has 0 atom stereocenters. The standard InChI is InChI=1S/C20H22N4O/c1-2-3-11-17(16-9-5-4-6-10-16)22-23-20(25)14-24-15-21-18-12-7-8-13-19(18)24/h4-10,12-13,15H,2-3,11,14H2,1H3,(H,23,25)/b22-17+. The number of benzene rings is 2. The Morgan fingerprint density at radius 3 is 2.68 bits per heavy atom. The first-order valence-corrected chi connectivity index (χ1v) is 8.58. The van der Waals surface area contributed by atoms with Crippen LogP contribution in [0.4, 0.5) is 0 Å². The number of hydrogen-bond acceptors (Lipinski definition) is 3. The van der Waals surface area contributed by atoms with Crippen molar-refractivity contribution in [2.24, 2.45) is 5.10 Å². The molecule has 5 heteroatoms. The van der Waals surface area contributed by atoms with E-state index in [9.17, 15) is 4.79 Å². The van der Waals surface area contributed by atoms with Gasteiger partial charge in [-0.3, -0.25) is 4.79 Å². The zero-order chi connectivity index (χ0) is 17.5. The van der Waals surface area contributed by atoms with Crippen molar-refractivity contribution >= 4 is 22.7 Å². The summed E-state index contributed by atoms with van der Waals surface area (Å²) in [6.45, 7) is 2.34. The Morgan fingerprint density at radius 1 is 1.12 bits per heavy atom. The van der Waals surface area contributed by atoms with Gasteiger partial charge in [-0.25, -0.2) is 10.4 Å². The lowest BCUT2D eigenvalue weighted by atomic mass is 10.1. The van der Waals surface area contributed by atoms with Crippen molar-refractivity contribution in [2.45, 2.75) is 32.7 Å². The van der Waals surface area contributed by atoms with Gasteiger partial charge < -0.3 is 4.57 Å². The number of unbranched alkanes of at least 4 members (excludes halogenated alkanes) is 1. The lowest BCUT2D eigenvalue weighted by Crippen LogP contribution is -2.24. The number of nitrogens with one attached hydrogen (secondary N) is 1. The van der Waals surface area contributed by atoms with Crippen LogP contribution < -0.4 is 5.43 Å². The molecule has 3 rings (SSSR count). The van der Waals surface area contributed by atoms with Crippen molar-refractivity contribution in [1.29, 1.82) is 0 Å². The van der Waals surface area contributed by atoms with Crippen molar-refractivity contribution in [2.75, 3.05) is 0 Å². The van der Waals surface area contributed by atoms with Crippen LogP contribution in [0.1, 0.15) is 31.7 Å². The van der Waals surface area contributed by atoms with Crippen molar-refractivity contribution in [3.05, 3.63) is 66.5 Å². The lowest BCUT2D eigenvalue weighted by molar-refractivity contribution is -0.121. The summed E-state index contributed by atoms with van der Waals surface area (Å²) in [6.07, 6.45) is 4.65. The van der Waals surface area contributed by atoms with Crippen molar-refractivity contribution in [3.8, 4) is 0 Å². The van der Waals surface area contributed by atoms with E-state index in [1.54, 1.807) is 6.33 Å². The van der Waals surface area contributed by atoms with Crippen LogP contribution in [-0.2, 0) is 11.3 Å². The number of fused-ring (bicyclic) bond motifs is 1. The predicted molar refractivity (Wildman–Crippen MR) is 100 cm³/mol. The van der Waals surface area contributed by atoms with Gasteiger partial charge >= 0.3 is 0 Å². The van der Waals surface area contributed by atoms with Gasteiger partial charge in [0.25, 0.3) is 5.91 Å². The Bertz CT molecular complexity index is 868. The van der Waals surface area contributed by atoms with Crippen LogP contribution in [0.3, 0.4) is 0 Å². The Balaban J connectivity index is 1.70. The molecule has 0 aliphatic carbocycles. The third-order valence-electron chi connectivity index (χ3n) is 4.03. The minimum Gasteiger partial charge on any atom is -0.321 e. The van der Waals surface area contributed by atoms with E-state index in [4.69, 9.17) is 0 Å². The molecule has 0 radical (unpaired) electrons. The van der Waals surface area contributed by atoms with Crippen LogP contribution in [0, 0.1) is 0 Å². The third kappa shape index (κ3) is 4.32. The second kappa shape index (κ2) is 8.24. The number of amides is 1. The minimum atomic E-state index is -0.159. The molecule has 25 heavy (non-hydrogen) atoms. The Hall–Kier alpha value is -2.95. The van der Waals surface area contributed by atoms with E-state index in [1.165, 1.54) is 0 Å². The molecule has 0 aliphatic rings. The molecular weight excluding hydrogens is 312 g/mol. The number of nitrogens with zero attached hydrogens (tertiary/aromatic N) is 3. The zero-order valence-corrected chi connectivity index (χ0v) is 14.4. The van der Waals surface area contributed by atoms with Crippen LogP contribution in [-0.4, -0.2) is 21.2 Å². The molecule has 1 aromatic heterocycles. The molecule has 1 N–H and O–H groups in total. The number of rotatable bonds is 7. The molecule has 0 unspecified atom stereocenters. The number of hydrogen-bond donors (Lipinski definition) is 1. The van der Waals surface area contributed by atoms with Gasteiger partial charge in [0, 0.05) is 0 Å². The molecule has 2 aromatic carbocycles.